The minimum Gasteiger partial charge on any atom is -0.393 e. The van der Waals surface area contributed by atoms with Gasteiger partial charge in [-0.3, -0.25) is 0 Å². The van der Waals surface area contributed by atoms with Crippen LogP contribution in [0, 0.1) is 5.92 Å². The van der Waals surface area contributed by atoms with Gasteiger partial charge in [0.15, 0.2) is 0 Å². The van der Waals surface area contributed by atoms with E-state index in [4.69, 9.17) is 0 Å². The largest absolute Gasteiger partial charge is 0.393 e. The smallest absolute Gasteiger partial charge is 0.0583 e. The maximum atomic E-state index is 10.00. The molecule has 2 rings (SSSR count). The summed E-state index contributed by atoms with van der Waals surface area (Å²) in [7, 11) is 0. The van der Waals surface area contributed by atoms with Crippen molar-refractivity contribution in [2.24, 2.45) is 5.92 Å². The Morgan fingerprint density at radius 1 is 1.25 bits per heavy atom. The van der Waals surface area contributed by atoms with E-state index in [1.807, 2.05) is 6.08 Å². The van der Waals surface area contributed by atoms with Crippen molar-refractivity contribution in [3.8, 4) is 0 Å². The fraction of sp³-hybridized carbons (Fsp3) is 0.857. The van der Waals surface area contributed by atoms with Gasteiger partial charge in [0.1, 0.15) is 0 Å². The van der Waals surface area contributed by atoms with Crippen molar-refractivity contribution in [1.82, 2.24) is 4.90 Å². The Hall–Kier alpha value is -0.340. The molecule has 0 aromatic carbocycles. The summed E-state index contributed by atoms with van der Waals surface area (Å²) >= 11 is 0. The molecule has 1 saturated heterocycles. The molecule has 0 radical (unpaired) electrons. The lowest BCUT2D eigenvalue weighted by Crippen LogP contribution is -2.39. The number of aliphatic hydroxyl groups is 1. The second kappa shape index (κ2) is 5.83. The van der Waals surface area contributed by atoms with Gasteiger partial charge in [-0.2, -0.15) is 0 Å². The second-order valence-electron chi connectivity index (χ2n) is 5.34. The van der Waals surface area contributed by atoms with Gasteiger partial charge in [-0.1, -0.05) is 12.5 Å². The van der Waals surface area contributed by atoms with Crippen LogP contribution in [-0.4, -0.2) is 35.2 Å². The molecule has 16 heavy (non-hydrogen) atoms. The number of hydrogen-bond donors (Lipinski definition) is 1. The van der Waals surface area contributed by atoms with Crippen LogP contribution >= 0.6 is 0 Å². The van der Waals surface area contributed by atoms with Crippen molar-refractivity contribution in [3.05, 3.63) is 12.7 Å². The van der Waals surface area contributed by atoms with Gasteiger partial charge in [0, 0.05) is 12.0 Å². The molecule has 0 amide bonds. The van der Waals surface area contributed by atoms with Gasteiger partial charge in [0.05, 0.1) is 6.10 Å². The third-order valence-electron chi connectivity index (χ3n) is 4.29. The van der Waals surface area contributed by atoms with E-state index in [0.717, 1.165) is 12.8 Å². The molecule has 0 spiro atoms. The Bertz CT molecular complexity index is 229. The van der Waals surface area contributed by atoms with Crippen molar-refractivity contribution in [2.75, 3.05) is 13.1 Å². The van der Waals surface area contributed by atoms with E-state index in [-0.39, 0.29) is 6.10 Å². The monoisotopic (exact) mass is 223 g/mol. The molecule has 1 N–H and O–H groups in total. The van der Waals surface area contributed by atoms with E-state index in [1.54, 1.807) is 0 Å². The first-order valence-corrected chi connectivity index (χ1v) is 6.86. The van der Waals surface area contributed by atoms with Crippen LogP contribution < -0.4 is 0 Å². The number of hydrogen-bond acceptors (Lipinski definition) is 2. The third kappa shape index (κ3) is 2.67. The maximum absolute atomic E-state index is 10.00. The summed E-state index contributed by atoms with van der Waals surface area (Å²) in [5.41, 5.74) is 0. The zero-order valence-electron chi connectivity index (χ0n) is 10.3. The summed E-state index contributed by atoms with van der Waals surface area (Å²) in [6.45, 7) is 6.21. The topological polar surface area (TPSA) is 23.5 Å². The van der Waals surface area contributed by atoms with Gasteiger partial charge in [-0.15, -0.1) is 6.58 Å². The van der Waals surface area contributed by atoms with Crippen molar-refractivity contribution in [3.63, 3.8) is 0 Å². The van der Waals surface area contributed by atoms with E-state index in [9.17, 15) is 5.11 Å². The highest BCUT2D eigenvalue weighted by molar-refractivity contribution is 4.91. The molecule has 2 fully saturated rings. The predicted octanol–water partition coefficient (Wildman–Crippen LogP) is 2.58. The molecule has 3 unspecified atom stereocenters. The van der Waals surface area contributed by atoms with Crippen LogP contribution in [-0.2, 0) is 0 Å². The first-order valence-electron chi connectivity index (χ1n) is 6.86. The Labute approximate surface area is 99.3 Å². The summed E-state index contributed by atoms with van der Waals surface area (Å²) in [4.78, 5) is 2.61. The molecule has 0 aromatic rings. The number of aliphatic hydroxyl groups excluding tert-OH is 1. The molecule has 3 atom stereocenters. The van der Waals surface area contributed by atoms with Crippen molar-refractivity contribution in [1.29, 1.82) is 0 Å². The molecule has 2 nitrogen and oxygen atoms in total. The van der Waals surface area contributed by atoms with Gasteiger partial charge in [0.25, 0.3) is 0 Å². The lowest BCUT2D eigenvalue weighted by molar-refractivity contribution is 0.0744. The zero-order valence-corrected chi connectivity index (χ0v) is 10.3. The SMILES string of the molecule is C=CCCCN1CCCC1C1CCCC1O. The average molecular weight is 223 g/mol. The van der Waals surface area contributed by atoms with Crippen LogP contribution in [0.1, 0.15) is 44.9 Å². The summed E-state index contributed by atoms with van der Waals surface area (Å²) in [5, 5.41) is 10.00. The molecule has 2 heteroatoms. The summed E-state index contributed by atoms with van der Waals surface area (Å²) in [5.74, 6) is 0.561. The Morgan fingerprint density at radius 2 is 2.12 bits per heavy atom. The Morgan fingerprint density at radius 3 is 2.81 bits per heavy atom. The van der Waals surface area contributed by atoms with Gasteiger partial charge in [0.2, 0.25) is 0 Å². The predicted molar refractivity (Wildman–Crippen MR) is 67.4 cm³/mol. The van der Waals surface area contributed by atoms with E-state index < -0.39 is 0 Å². The number of likely N-dealkylation sites (tertiary alicyclic amines) is 1. The van der Waals surface area contributed by atoms with E-state index in [0.29, 0.717) is 12.0 Å². The van der Waals surface area contributed by atoms with Crippen LogP contribution in [0.3, 0.4) is 0 Å². The molecule has 0 aromatic heterocycles. The van der Waals surface area contributed by atoms with Crippen molar-refractivity contribution >= 4 is 0 Å². The average Bonchev–Trinajstić information content (AvgIpc) is 2.87. The second-order valence-corrected chi connectivity index (χ2v) is 5.34. The van der Waals surface area contributed by atoms with Crippen LogP contribution in [0.25, 0.3) is 0 Å². The molecule has 1 heterocycles. The van der Waals surface area contributed by atoms with Crippen LogP contribution in [0.4, 0.5) is 0 Å². The van der Waals surface area contributed by atoms with E-state index >= 15 is 0 Å². The normalized spacial score (nSPS) is 35.7. The Kier molecular flexibility index (Phi) is 4.42. The summed E-state index contributed by atoms with van der Waals surface area (Å²) < 4.78 is 0. The molecular weight excluding hydrogens is 198 g/mol. The van der Waals surface area contributed by atoms with Gasteiger partial charge in [-0.25, -0.2) is 0 Å². The minimum atomic E-state index is -0.0231. The van der Waals surface area contributed by atoms with Gasteiger partial charge >= 0.3 is 0 Å². The van der Waals surface area contributed by atoms with Gasteiger partial charge < -0.3 is 10.0 Å². The van der Waals surface area contributed by atoms with E-state index in [2.05, 4.69) is 11.5 Å². The van der Waals surface area contributed by atoms with Crippen LogP contribution in [0.15, 0.2) is 12.7 Å². The molecule has 1 aliphatic heterocycles. The first-order chi connectivity index (χ1) is 7.83. The van der Waals surface area contributed by atoms with Crippen LogP contribution in [0.2, 0.25) is 0 Å². The lowest BCUT2D eigenvalue weighted by Gasteiger charge is -2.31. The highest BCUT2D eigenvalue weighted by atomic mass is 16.3. The molecule has 92 valence electrons. The zero-order chi connectivity index (χ0) is 11.4. The van der Waals surface area contributed by atoms with Crippen molar-refractivity contribution < 1.29 is 5.11 Å². The minimum absolute atomic E-state index is 0.0231. The molecule has 2 aliphatic rings. The van der Waals surface area contributed by atoms with E-state index in [1.165, 1.54) is 45.2 Å². The standard InChI is InChI=1S/C14H25NO/c1-2-3-4-10-15-11-6-8-13(15)12-7-5-9-14(12)16/h2,12-14,16H,1,3-11H2. The molecule has 0 bridgehead atoms. The molecule has 1 aliphatic carbocycles. The molecular formula is C14H25NO. The number of nitrogens with zero attached hydrogens (tertiary/aromatic N) is 1. The summed E-state index contributed by atoms with van der Waals surface area (Å²) in [6, 6.07) is 0.669. The molecule has 1 saturated carbocycles. The fourth-order valence-electron chi connectivity index (χ4n) is 3.47. The third-order valence-corrected chi connectivity index (χ3v) is 4.29. The Balaban J connectivity index is 1.84. The summed E-state index contributed by atoms with van der Waals surface area (Å²) in [6.07, 6.45) is 10.4. The fourth-order valence-corrected chi connectivity index (χ4v) is 3.47. The lowest BCUT2D eigenvalue weighted by atomic mass is 9.94. The van der Waals surface area contributed by atoms with Gasteiger partial charge in [-0.05, 0) is 51.6 Å². The quantitative estimate of drug-likeness (QED) is 0.572. The number of rotatable bonds is 5. The van der Waals surface area contributed by atoms with Crippen LogP contribution in [0.5, 0.6) is 0 Å². The van der Waals surface area contributed by atoms with Crippen molar-refractivity contribution in [2.45, 2.75) is 57.1 Å². The highest BCUT2D eigenvalue weighted by Gasteiger charge is 2.37. The first kappa shape index (κ1) is 12.1. The number of unbranched alkanes of at least 4 members (excludes halogenated alkanes) is 1. The highest BCUT2D eigenvalue weighted by Crippen LogP contribution is 2.35. The maximum Gasteiger partial charge on any atom is 0.0583 e. The number of allylic oxidation sites excluding steroid dienone is 1.